The average Bonchev–Trinajstić information content (AvgIpc) is 3.33. The van der Waals surface area contributed by atoms with Gasteiger partial charge < -0.3 is 14.7 Å². The van der Waals surface area contributed by atoms with E-state index in [1.165, 1.54) is 24.4 Å². The number of hydrogen-bond donors (Lipinski definition) is 1. The summed E-state index contributed by atoms with van der Waals surface area (Å²) in [6.45, 7) is 1.49. The minimum atomic E-state index is -1.16. The summed E-state index contributed by atoms with van der Waals surface area (Å²) in [6, 6.07) is 5.36. The molecule has 7 nitrogen and oxygen atoms in total. The summed E-state index contributed by atoms with van der Waals surface area (Å²) in [5.74, 6) is -0.878. The van der Waals surface area contributed by atoms with E-state index in [1.54, 1.807) is 11.0 Å². The lowest BCUT2D eigenvalue weighted by molar-refractivity contribution is 0.0382. The molecule has 148 valence electrons. The number of rotatable bonds is 4. The van der Waals surface area contributed by atoms with Gasteiger partial charge in [0.1, 0.15) is 5.82 Å². The van der Waals surface area contributed by atoms with Crippen LogP contribution in [0.1, 0.15) is 28.9 Å². The first-order chi connectivity index (χ1) is 13.4. The van der Waals surface area contributed by atoms with Crippen LogP contribution in [0.15, 0.2) is 30.5 Å². The van der Waals surface area contributed by atoms with Gasteiger partial charge in [-0.25, -0.2) is 14.0 Å². The van der Waals surface area contributed by atoms with Crippen molar-refractivity contribution in [2.24, 2.45) is 11.8 Å². The van der Waals surface area contributed by atoms with Crippen molar-refractivity contribution in [3.8, 4) is 0 Å². The summed E-state index contributed by atoms with van der Waals surface area (Å²) < 4.78 is 20.4. The van der Waals surface area contributed by atoms with Crippen LogP contribution in [-0.4, -0.2) is 51.0 Å². The Morgan fingerprint density at radius 3 is 2.57 bits per heavy atom. The monoisotopic (exact) mass is 407 g/mol. The predicted molar refractivity (Wildman–Crippen MR) is 97.8 cm³/mol. The largest absolute Gasteiger partial charge is 0.476 e. The average molecular weight is 408 g/mol. The number of ether oxygens (including phenoxy) is 1. The van der Waals surface area contributed by atoms with Crippen LogP contribution in [0.2, 0.25) is 5.02 Å². The molecule has 1 amide bonds. The Morgan fingerprint density at radius 1 is 1.25 bits per heavy atom. The molecular formula is C19H19ClFN3O4. The van der Waals surface area contributed by atoms with Crippen LogP contribution in [0, 0.1) is 17.7 Å². The first kappa shape index (κ1) is 18.9. The van der Waals surface area contributed by atoms with E-state index in [9.17, 15) is 14.0 Å². The third-order valence-corrected chi connectivity index (χ3v) is 5.61. The van der Waals surface area contributed by atoms with Gasteiger partial charge in [-0.3, -0.25) is 0 Å². The van der Waals surface area contributed by atoms with Gasteiger partial charge in [-0.1, -0.05) is 11.6 Å². The maximum Gasteiger partial charge on any atom is 0.356 e. The lowest BCUT2D eigenvalue weighted by atomic mass is 10.0. The Labute approximate surface area is 165 Å². The summed E-state index contributed by atoms with van der Waals surface area (Å²) in [6.07, 6.45) is 3.10. The van der Waals surface area contributed by atoms with Crippen LogP contribution in [-0.2, 0) is 11.3 Å². The second kappa shape index (κ2) is 7.52. The third kappa shape index (κ3) is 3.88. The van der Waals surface area contributed by atoms with Gasteiger partial charge in [-0.2, -0.15) is 9.78 Å². The fraction of sp³-hybridized carbons (Fsp3) is 0.421. The maximum absolute atomic E-state index is 13.4. The van der Waals surface area contributed by atoms with Gasteiger partial charge in [0.25, 0.3) is 0 Å². The Bertz CT molecular complexity index is 884. The van der Waals surface area contributed by atoms with Crippen LogP contribution >= 0.6 is 11.6 Å². The lowest BCUT2D eigenvalue weighted by Crippen LogP contribution is -2.34. The number of aromatic nitrogens is 2. The van der Waals surface area contributed by atoms with Crippen LogP contribution in [0.4, 0.5) is 9.18 Å². The third-order valence-electron chi connectivity index (χ3n) is 5.39. The van der Waals surface area contributed by atoms with Crippen molar-refractivity contribution in [2.75, 3.05) is 13.1 Å². The van der Waals surface area contributed by atoms with Gasteiger partial charge in [0.2, 0.25) is 0 Å². The second-order valence-electron chi connectivity index (χ2n) is 7.34. The van der Waals surface area contributed by atoms with Crippen LogP contribution in [0.5, 0.6) is 0 Å². The molecule has 2 aromatic rings. The number of aromatic carboxylic acids is 1. The molecular weight excluding hydrogens is 389 g/mol. The molecule has 2 fully saturated rings. The van der Waals surface area contributed by atoms with Gasteiger partial charge in [0.15, 0.2) is 5.69 Å². The van der Waals surface area contributed by atoms with Crippen molar-refractivity contribution < 1.29 is 23.8 Å². The number of carboxylic acid groups (broad SMARTS) is 1. The smallest absolute Gasteiger partial charge is 0.356 e. The van der Waals surface area contributed by atoms with Gasteiger partial charge in [-0.05, 0) is 54.5 Å². The van der Waals surface area contributed by atoms with Gasteiger partial charge in [0, 0.05) is 24.3 Å². The zero-order chi connectivity index (χ0) is 19.8. The second-order valence-corrected chi connectivity index (χ2v) is 7.78. The van der Waals surface area contributed by atoms with Crippen molar-refractivity contribution in [3.05, 3.63) is 52.6 Å². The highest BCUT2D eigenvalue weighted by atomic mass is 35.5. The van der Waals surface area contributed by atoms with Crippen molar-refractivity contribution in [2.45, 2.75) is 25.6 Å². The lowest BCUT2D eigenvalue weighted by Gasteiger charge is -2.19. The molecule has 3 atom stereocenters. The van der Waals surface area contributed by atoms with Crippen molar-refractivity contribution in [1.82, 2.24) is 14.7 Å². The standard InChI is InChI=1S/C19H19ClFN3O4/c20-14-3-11(4-15(21)7-14)10-28-16-5-12-8-23(9-13(12)6-16)19(27)24-2-1-17(22-24)18(25)26/h1-4,7,12-13,16H,5-6,8-10H2,(H,25,26)/t12-,13+,16?. The number of likely N-dealkylation sites (tertiary alicyclic amines) is 1. The molecule has 1 aromatic carbocycles. The van der Waals surface area contributed by atoms with Crippen molar-refractivity contribution >= 4 is 23.6 Å². The molecule has 9 heteroatoms. The first-order valence-electron chi connectivity index (χ1n) is 9.04. The van der Waals surface area contributed by atoms with E-state index >= 15 is 0 Å². The number of carbonyl (C=O) groups excluding carboxylic acids is 1. The highest BCUT2D eigenvalue weighted by molar-refractivity contribution is 6.30. The Morgan fingerprint density at radius 2 is 1.96 bits per heavy atom. The van der Waals surface area contributed by atoms with Crippen LogP contribution in [0.3, 0.4) is 0 Å². The van der Waals surface area contributed by atoms with Crippen LogP contribution < -0.4 is 0 Å². The quantitative estimate of drug-likeness (QED) is 0.840. The zero-order valence-electron chi connectivity index (χ0n) is 14.9. The van der Waals surface area contributed by atoms with E-state index in [2.05, 4.69) is 5.10 Å². The molecule has 0 bridgehead atoms. The molecule has 0 radical (unpaired) electrons. The van der Waals surface area contributed by atoms with E-state index in [4.69, 9.17) is 21.4 Å². The number of carboxylic acids is 1. The minimum Gasteiger partial charge on any atom is -0.476 e. The van der Waals surface area contributed by atoms with Gasteiger partial charge in [0.05, 0.1) is 12.7 Å². The van der Waals surface area contributed by atoms with Crippen molar-refractivity contribution in [1.29, 1.82) is 0 Å². The topological polar surface area (TPSA) is 84.7 Å². The maximum atomic E-state index is 13.4. The van der Waals surface area contributed by atoms with E-state index in [-0.39, 0.29) is 23.6 Å². The molecule has 1 saturated carbocycles. The number of nitrogens with zero attached hydrogens (tertiary/aromatic N) is 3. The van der Waals surface area contributed by atoms with Gasteiger partial charge >= 0.3 is 12.0 Å². The molecule has 1 saturated heterocycles. The molecule has 2 aliphatic rings. The molecule has 1 unspecified atom stereocenters. The molecule has 1 N–H and O–H groups in total. The molecule has 4 rings (SSSR count). The highest BCUT2D eigenvalue weighted by Gasteiger charge is 2.43. The number of amides is 1. The number of benzene rings is 1. The first-order valence-corrected chi connectivity index (χ1v) is 9.41. The molecule has 1 aliphatic heterocycles. The Kier molecular flexibility index (Phi) is 5.07. The van der Waals surface area contributed by atoms with E-state index < -0.39 is 5.97 Å². The van der Waals surface area contributed by atoms with E-state index in [0.717, 1.165) is 17.5 Å². The SMILES string of the molecule is O=C(O)c1ccn(C(=O)N2C[C@H]3CC(OCc4cc(F)cc(Cl)c4)C[C@H]3C2)n1. The minimum absolute atomic E-state index is 0.0672. The molecule has 1 aliphatic carbocycles. The number of halogens is 2. The van der Waals surface area contributed by atoms with Crippen molar-refractivity contribution in [3.63, 3.8) is 0 Å². The predicted octanol–water partition coefficient (Wildman–Crippen LogP) is 3.27. The summed E-state index contributed by atoms with van der Waals surface area (Å²) in [7, 11) is 0. The number of fused-ring (bicyclic) bond motifs is 1. The molecule has 2 heterocycles. The summed E-state index contributed by atoms with van der Waals surface area (Å²) >= 11 is 5.87. The molecule has 1 aromatic heterocycles. The Hall–Kier alpha value is -2.45. The normalized spacial score (nSPS) is 23.8. The number of carbonyl (C=O) groups is 2. The summed E-state index contributed by atoms with van der Waals surface area (Å²) in [5.41, 5.74) is 0.547. The van der Waals surface area contributed by atoms with Crippen LogP contribution in [0.25, 0.3) is 0 Å². The van der Waals surface area contributed by atoms with E-state index in [1.807, 2.05) is 0 Å². The summed E-state index contributed by atoms with van der Waals surface area (Å²) in [5, 5.41) is 13.1. The summed E-state index contributed by atoms with van der Waals surface area (Å²) in [4.78, 5) is 25.1. The Balaban J connectivity index is 1.30. The molecule has 0 spiro atoms. The molecule has 28 heavy (non-hydrogen) atoms. The van der Waals surface area contributed by atoms with E-state index in [0.29, 0.717) is 42.1 Å². The highest BCUT2D eigenvalue weighted by Crippen LogP contribution is 2.40. The number of hydrogen-bond acceptors (Lipinski definition) is 4. The zero-order valence-corrected chi connectivity index (χ0v) is 15.7. The van der Waals surface area contributed by atoms with Gasteiger partial charge in [-0.15, -0.1) is 0 Å². The fourth-order valence-corrected chi connectivity index (χ4v) is 4.38. The fourth-order valence-electron chi connectivity index (χ4n) is 4.13.